The molecule has 3 rings (SSSR count). The molecule has 2 aromatic carbocycles. The van der Waals surface area contributed by atoms with Crippen LogP contribution in [0, 0.1) is 20.8 Å². The van der Waals surface area contributed by atoms with Crippen molar-refractivity contribution in [2.45, 2.75) is 27.7 Å². The van der Waals surface area contributed by atoms with Crippen LogP contribution in [-0.2, 0) is 9.59 Å². The summed E-state index contributed by atoms with van der Waals surface area (Å²) < 4.78 is 17.1. The first-order valence-corrected chi connectivity index (χ1v) is 11.0. The highest BCUT2D eigenvalue weighted by Crippen LogP contribution is 2.27. The van der Waals surface area contributed by atoms with Gasteiger partial charge in [0.1, 0.15) is 5.75 Å². The molecule has 1 heterocycles. The smallest absolute Gasteiger partial charge is 0.260 e. The predicted molar refractivity (Wildman–Crippen MR) is 122 cm³/mol. The second-order valence-electron chi connectivity index (χ2n) is 7.87. The zero-order valence-electron chi connectivity index (χ0n) is 19.3. The molecule has 0 radical (unpaired) electrons. The first-order chi connectivity index (χ1) is 15.4. The predicted octanol–water partition coefficient (Wildman–Crippen LogP) is 3.14. The molecular formula is C25H32N2O5. The van der Waals surface area contributed by atoms with Gasteiger partial charge in [-0.15, -0.1) is 0 Å². The number of para-hydroxylation sites is 2. The van der Waals surface area contributed by atoms with Crippen LogP contribution in [0.4, 0.5) is 0 Å². The van der Waals surface area contributed by atoms with Gasteiger partial charge in [-0.3, -0.25) is 9.59 Å². The maximum absolute atomic E-state index is 12.6. The van der Waals surface area contributed by atoms with E-state index in [9.17, 15) is 9.59 Å². The van der Waals surface area contributed by atoms with Crippen LogP contribution in [0.25, 0.3) is 0 Å². The Morgan fingerprint density at radius 3 is 1.81 bits per heavy atom. The maximum atomic E-state index is 12.6. The Balaban J connectivity index is 1.46. The fourth-order valence-corrected chi connectivity index (χ4v) is 3.65. The summed E-state index contributed by atoms with van der Waals surface area (Å²) in [4.78, 5) is 28.7. The first-order valence-electron chi connectivity index (χ1n) is 11.0. The number of benzene rings is 2. The number of nitrogens with zero attached hydrogens (tertiary/aromatic N) is 2. The molecule has 172 valence electrons. The second-order valence-corrected chi connectivity index (χ2v) is 7.87. The molecule has 0 aromatic heterocycles. The van der Waals surface area contributed by atoms with Crippen LogP contribution < -0.4 is 14.2 Å². The molecule has 0 unspecified atom stereocenters. The average Bonchev–Trinajstić information content (AvgIpc) is 2.81. The number of amides is 2. The largest absolute Gasteiger partial charge is 0.490 e. The molecule has 1 fully saturated rings. The van der Waals surface area contributed by atoms with E-state index < -0.39 is 0 Å². The SMILES string of the molecule is CCOc1ccccc1OCC(=O)N1CCN(C(=O)COc2c(C)ccc(C)c2C)CC1. The Morgan fingerprint density at radius 1 is 0.750 bits per heavy atom. The van der Waals surface area contributed by atoms with Gasteiger partial charge in [-0.1, -0.05) is 24.3 Å². The van der Waals surface area contributed by atoms with E-state index >= 15 is 0 Å². The van der Waals surface area contributed by atoms with E-state index in [4.69, 9.17) is 14.2 Å². The zero-order chi connectivity index (χ0) is 23.1. The summed E-state index contributed by atoms with van der Waals surface area (Å²) in [7, 11) is 0. The lowest BCUT2D eigenvalue weighted by atomic mass is 10.1. The number of carbonyl (C=O) groups is 2. The van der Waals surface area contributed by atoms with E-state index in [1.165, 1.54) is 0 Å². The van der Waals surface area contributed by atoms with Crippen molar-refractivity contribution in [2.75, 3.05) is 46.0 Å². The van der Waals surface area contributed by atoms with Gasteiger partial charge in [-0.2, -0.15) is 0 Å². The fraction of sp³-hybridized carbons (Fsp3) is 0.440. The average molecular weight is 441 g/mol. The summed E-state index contributed by atoms with van der Waals surface area (Å²) in [6, 6.07) is 11.4. The molecule has 7 nitrogen and oxygen atoms in total. The van der Waals surface area contributed by atoms with Crippen LogP contribution in [0.5, 0.6) is 17.2 Å². The Bertz CT molecular complexity index is 951. The number of carbonyl (C=O) groups excluding carboxylic acids is 2. The first kappa shape index (κ1) is 23.4. The fourth-order valence-electron chi connectivity index (χ4n) is 3.65. The molecule has 0 bridgehead atoms. The van der Waals surface area contributed by atoms with Crippen molar-refractivity contribution >= 4 is 11.8 Å². The van der Waals surface area contributed by atoms with Crippen LogP contribution in [0.3, 0.4) is 0 Å². The Labute approximate surface area is 189 Å². The van der Waals surface area contributed by atoms with Crippen molar-refractivity contribution in [2.24, 2.45) is 0 Å². The third-order valence-electron chi connectivity index (χ3n) is 5.70. The number of hydrogen-bond acceptors (Lipinski definition) is 5. The summed E-state index contributed by atoms with van der Waals surface area (Å²) in [5.74, 6) is 1.77. The lowest BCUT2D eigenvalue weighted by Crippen LogP contribution is -2.52. The molecule has 2 amide bonds. The molecule has 1 saturated heterocycles. The van der Waals surface area contributed by atoms with Gasteiger partial charge in [0.25, 0.3) is 11.8 Å². The highest BCUT2D eigenvalue weighted by atomic mass is 16.5. The van der Waals surface area contributed by atoms with E-state index in [0.29, 0.717) is 44.3 Å². The lowest BCUT2D eigenvalue weighted by molar-refractivity contribution is -0.141. The van der Waals surface area contributed by atoms with E-state index in [1.807, 2.05) is 52.0 Å². The molecule has 0 aliphatic carbocycles. The van der Waals surface area contributed by atoms with Crippen molar-refractivity contribution in [3.63, 3.8) is 0 Å². The topological polar surface area (TPSA) is 68.3 Å². The summed E-state index contributed by atoms with van der Waals surface area (Å²) in [5, 5.41) is 0. The van der Waals surface area contributed by atoms with Crippen molar-refractivity contribution in [1.82, 2.24) is 9.80 Å². The lowest BCUT2D eigenvalue weighted by Gasteiger charge is -2.34. The van der Waals surface area contributed by atoms with Gasteiger partial charge in [0.05, 0.1) is 6.61 Å². The molecule has 0 N–H and O–H groups in total. The van der Waals surface area contributed by atoms with Crippen molar-refractivity contribution in [3.8, 4) is 17.2 Å². The van der Waals surface area contributed by atoms with Gasteiger partial charge in [0, 0.05) is 26.2 Å². The van der Waals surface area contributed by atoms with Crippen molar-refractivity contribution in [1.29, 1.82) is 0 Å². The number of rotatable bonds is 8. The molecule has 1 aliphatic rings. The summed E-state index contributed by atoms with van der Waals surface area (Å²) >= 11 is 0. The monoisotopic (exact) mass is 440 g/mol. The molecule has 0 atom stereocenters. The molecule has 32 heavy (non-hydrogen) atoms. The van der Waals surface area contributed by atoms with E-state index in [-0.39, 0.29) is 25.0 Å². The summed E-state index contributed by atoms with van der Waals surface area (Å²) in [6.45, 7) is 10.3. The van der Waals surface area contributed by atoms with Crippen LogP contribution in [-0.4, -0.2) is 67.6 Å². The highest BCUT2D eigenvalue weighted by molar-refractivity contribution is 5.80. The number of ether oxygens (including phenoxy) is 3. The zero-order valence-corrected chi connectivity index (χ0v) is 19.3. The van der Waals surface area contributed by atoms with E-state index in [0.717, 1.165) is 22.4 Å². The van der Waals surface area contributed by atoms with Gasteiger partial charge >= 0.3 is 0 Å². The number of hydrogen-bond donors (Lipinski definition) is 0. The minimum atomic E-state index is -0.106. The van der Waals surface area contributed by atoms with Gasteiger partial charge < -0.3 is 24.0 Å². The molecule has 1 aliphatic heterocycles. The minimum Gasteiger partial charge on any atom is -0.490 e. The van der Waals surface area contributed by atoms with Crippen LogP contribution in [0.1, 0.15) is 23.6 Å². The third kappa shape index (κ3) is 5.72. The van der Waals surface area contributed by atoms with Crippen LogP contribution in [0.15, 0.2) is 36.4 Å². The van der Waals surface area contributed by atoms with Gasteiger partial charge in [-0.25, -0.2) is 0 Å². The number of aryl methyl sites for hydroxylation is 2. The Hall–Kier alpha value is -3.22. The second kappa shape index (κ2) is 10.9. The maximum Gasteiger partial charge on any atom is 0.260 e. The third-order valence-corrected chi connectivity index (χ3v) is 5.70. The highest BCUT2D eigenvalue weighted by Gasteiger charge is 2.25. The van der Waals surface area contributed by atoms with Gasteiger partial charge in [-0.05, 0) is 56.5 Å². The minimum absolute atomic E-state index is 0.00357. The van der Waals surface area contributed by atoms with Crippen LogP contribution in [0.2, 0.25) is 0 Å². The van der Waals surface area contributed by atoms with Crippen molar-refractivity contribution in [3.05, 3.63) is 53.1 Å². The summed E-state index contributed by atoms with van der Waals surface area (Å²) in [5.41, 5.74) is 3.21. The normalized spacial score (nSPS) is 13.6. The molecule has 2 aromatic rings. The van der Waals surface area contributed by atoms with Crippen LogP contribution >= 0.6 is 0 Å². The molecule has 0 spiro atoms. The van der Waals surface area contributed by atoms with E-state index in [2.05, 4.69) is 6.07 Å². The molecular weight excluding hydrogens is 408 g/mol. The molecule has 7 heteroatoms. The van der Waals surface area contributed by atoms with Gasteiger partial charge in [0.15, 0.2) is 24.7 Å². The number of piperazine rings is 1. The van der Waals surface area contributed by atoms with Crippen molar-refractivity contribution < 1.29 is 23.8 Å². The standard InChI is InChI=1S/C25H32N2O5/c1-5-30-21-8-6-7-9-22(21)31-16-23(28)26-12-14-27(15-13-26)24(29)17-32-25-19(3)11-10-18(2)20(25)4/h6-11H,5,12-17H2,1-4H3. The van der Waals surface area contributed by atoms with E-state index in [1.54, 1.807) is 15.9 Å². The Kier molecular flexibility index (Phi) is 7.98. The Morgan fingerprint density at radius 2 is 1.25 bits per heavy atom. The summed E-state index contributed by atoms with van der Waals surface area (Å²) in [6.07, 6.45) is 0. The molecule has 0 saturated carbocycles. The quantitative estimate of drug-likeness (QED) is 0.631. The van der Waals surface area contributed by atoms with Gasteiger partial charge in [0.2, 0.25) is 0 Å².